The normalized spacial score (nSPS) is 14.5. The lowest BCUT2D eigenvalue weighted by molar-refractivity contribution is 0.0951. The SMILES string of the molecule is Cc1ccc(C(=O)NC2CC2)cc1-c1c(F)cn2c(C(C)(C)C)nnc2c1F. The van der Waals surface area contributed by atoms with Gasteiger partial charge in [-0.3, -0.25) is 9.20 Å². The number of pyridine rings is 1. The molecule has 4 rings (SSSR count). The van der Waals surface area contributed by atoms with Crippen molar-refractivity contribution in [3.05, 3.63) is 53.0 Å². The predicted octanol–water partition coefficient (Wildman–Crippen LogP) is 4.17. The second-order valence-corrected chi connectivity index (χ2v) is 8.41. The predicted molar refractivity (Wildman–Crippen MR) is 102 cm³/mol. The minimum absolute atomic E-state index is 0.0337. The maximum atomic E-state index is 15.3. The number of carbonyl (C=O) groups is 1. The lowest BCUT2D eigenvalue weighted by Crippen LogP contribution is -2.25. The van der Waals surface area contributed by atoms with Crippen LogP contribution in [0.15, 0.2) is 24.4 Å². The highest BCUT2D eigenvalue weighted by atomic mass is 19.1. The summed E-state index contributed by atoms with van der Waals surface area (Å²) in [6.45, 7) is 7.46. The van der Waals surface area contributed by atoms with E-state index in [1.165, 1.54) is 16.7 Å². The molecule has 2 heterocycles. The molecule has 0 spiro atoms. The van der Waals surface area contributed by atoms with E-state index >= 15 is 8.78 Å². The van der Waals surface area contributed by atoms with Gasteiger partial charge in [0.2, 0.25) is 0 Å². The number of amides is 1. The average Bonchev–Trinajstić information content (AvgIpc) is 3.30. The van der Waals surface area contributed by atoms with Crippen molar-refractivity contribution in [2.45, 2.75) is 52.0 Å². The lowest BCUT2D eigenvalue weighted by atomic mass is 9.95. The van der Waals surface area contributed by atoms with Gasteiger partial charge < -0.3 is 5.32 Å². The number of aromatic nitrogens is 3. The molecule has 1 saturated carbocycles. The van der Waals surface area contributed by atoms with E-state index in [9.17, 15) is 4.79 Å². The lowest BCUT2D eigenvalue weighted by Gasteiger charge is -2.17. The molecule has 0 aliphatic heterocycles. The van der Waals surface area contributed by atoms with Gasteiger partial charge in [-0.25, -0.2) is 8.78 Å². The van der Waals surface area contributed by atoms with Crippen molar-refractivity contribution in [2.75, 3.05) is 0 Å². The first-order valence-corrected chi connectivity index (χ1v) is 9.32. The summed E-state index contributed by atoms with van der Waals surface area (Å²) in [6.07, 6.45) is 3.14. The van der Waals surface area contributed by atoms with Crippen LogP contribution in [0, 0.1) is 18.6 Å². The number of rotatable bonds is 3. The van der Waals surface area contributed by atoms with E-state index in [0.29, 0.717) is 22.5 Å². The summed E-state index contributed by atoms with van der Waals surface area (Å²) in [5.74, 6) is -1.27. The molecule has 2 aromatic heterocycles. The van der Waals surface area contributed by atoms with Crippen molar-refractivity contribution < 1.29 is 13.6 Å². The number of nitrogens with one attached hydrogen (secondary N) is 1. The number of aryl methyl sites for hydroxylation is 1. The first-order valence-electron chi connectivity index (χ1n) is 9.32. The first kappa shape index (κ1) is 18.5. The summed E-state index contributed by atoms with van der Waals surface area (Å²) in [7, 11) is 0. The Morgan fingerprint density at radius 3 is 2.57 bits per heavy atom. The number of halogens is 2. The molecule has 1 N–H and O–H groups in total. The minimum atomic E-state index is -0.786. The Morgan fingerprint density at radius 1 is 1.21 bits per heavy atom. The molecule has 0 bridgehead atoms. The van der Waals surface area contributed by atoms with Crippen LogP contribution in [0.2, 0.25) is 0 Å². The molecule has 0 atom stereocenters. The first-order chi connectivity index (χ1) is 13.2. The molecule has 1 aliphatic carbocycles. The molecule has 28 heavy (non-hydrogen) atoms. The minimum Gasteiger partial charge on any atom is -0.349 e. The fraction of sp³-hybridized carbons (Fsp3) is 0.381. The molecule has 1 fully saturated rings. The molecule has 0 saturated heterocycles. The second-order valence-electron chi connectivity index (χ2n) is 8.41. The molecule has 0 unspecified atom stereocenters. The van der Waals surface area contributed by atoms with Gasteiger partial charge >= 0.3 is 0 Å². The molecule has 1 aromatic carbocycles. The van der Waals surface area contributed by atoms with Crippen molar-refractivity contribution >= 4 is 11.6 Å². The van der Waals surface area contributed by atoms with Crippen LogP contribution in [0.1, 0.15) is 55.4 Å². The number of fused-ring (bicyclic) bond motifs is 1. The molecule has 1 amide bonds. The average molecular weight is 384 g/mol. The zero-order valence-electron chi connectivity index (χ0n) is 16.3. The molecular formula is C21H22F2N4O. The third-order valence-electron chi connectivity index (χ3n) is 4.95. The van der Waals surface area contributed by atoms with Gasteiger partial charge in [0.1, 0.15) is 5.82 Å². The molecular weight excluding hydrogens is 362 g/mol. The summed E-state index contributed by atoms with van der Waals surface area (Å²) < 4.78 is 31.7. The van der Waals surface area contributed by atoms with Gasteiger partial charge in [0.05, 0.1) is 5.56 Å². The van der Waals surface area contributed by atoms with Gasteiger partial charge in [0, 0.05) is 23.2 Å². The molecule has 5 nitrogen and oxygen atoms in total. The van der Waals surface area contributed by atoms with Crippen molar-refractivity contribution in [1.29, 1.82) is 0 Å². The van der Waals surface area contributed by atoms with E-state index in [1.807, 2.05) is 20.8 Å². The standard InChI is InChI=1S/C21H22F2N4O/c1-11-5-6-12(19(28)24-13-7-8-13)9-14(11)16-15(22)10-27-18(17(16)23)25-26-20(27)21(2,3)4/h5-6,9-10,13H,7-8H2,1-4H3,(H,24,28). The third kappa shape index (κ3) is 3.15. The number of benzene rings is 1. The maximum Gasteiger partial charge on any atom is 0.251 e. The molecule has 0 radical (unpaired) electrons. The van der Waals surface area contributed by atoms with E-state index in [2.05, 4.69) is 15.5 Å². The van der Waals surface area contributed by atoms with Crippen molar-refractivity contribution in [2.24, 2.45) is 0 Å². The summed E-state index contributed by atoms with van der Waals surface area (Å²) in [5, 5.41) is 10.9. The number of hydrogen-bond donors (Lipinski definition) is 1. The van der Waals surface area contributed by atoms with Gasteiger partial charge in [-0.2, -0.15) is 0 Å². The van der Waals surface area contributed by atoms with Crippen LogP contribution in [0.4, 0.5) is 8.78 Å². The second kappa shape index (κ2) is 6.36. The smallest absolute Gasteiger partial charge is 0.251 e. The van der Waals surface area contributed by atoms with Crippen LogP contribution in [-0.4, -0.2) is 26.5 Å². The fourth-order valence-corrected chi connectivity index (χ4v) is 3.25. The van der Waals surface area contributed by atoms with Crippen molar-refractivity contribution in [3.8, 4) is 11.1 Å². The van der Waals surface area contributed by atoms with Gasteiger partial charge in [0.25, 0.3) is 5.91 Å². The van der Waals surface area contributed by atoms with E-state index < -0.39 is 17.0 Å². The van der Waals surface area contributed by atoms with Crippen LogP contribution >= 0.6 is 0 Å². The van der Waals surface area contributed by atoms with Crippen LogP contribution < -0.4 is 5.32 Å². The van der Waals surface area contributed by atoms with Crippen molar-refractivity contribution in [1.82, 2.24) is 19.9 Å². The quantitative estimate of drug-likeness (QED) is 0.737. The van der Waals surface area contributed by atoms with Gasteiger partial charge in [0.15, 0.2) is 17.3 Å². The summed E-state index contributed by atoms with van der Waals surface area (Å²) in [6, 6.07) is 5.10. The molecule has 3 aromatic rings. The Morgan fingerprint density at radius 2 is 1.93 bits per heavy atom. The Bertz CT molecular complexity index is 1090. The Balaban J connectivity index is 1.86. The summed E-state index contributed by atoms with van der Waals surface area (Å²) in [5.41, 5.74) is 0.730. The third-order valence-corrected chi connectivity index (χ3v) is 4.95. The molecule has 1 aliphatic rings. The zero-order valence-corrected chi connectivity index (χ0v) is 16.3. The van der Waals surface area contributed by atoms with Crippen LogP contribution in [-0.2, 0) is 5.41 Å². The van der Waals surface area contributed by atoms with E-state index in [0.717, 1.165) is 12.8 Å². The summed E-state index contributed by atoms with van der Waals surface area (Å²) >= 11 is 0. The topological polar surface area (TPSA) is 59.3 Å². The van der Waals surface area contributed by atoms with Gasteiger partial charge in [-0.1, -0.05) is 26.8 Å². The number of nitrogens with zero attached hydrogens (tertiary/aromatic N) is 3. The fourth-order valence-electron chi connectivity index (χ4n) is 3.25. The Labute approximate surface area is 161 Å². The molecule has 146 valence electrons. The van der Waals surface area contributed by atoms with E-state index in [1.54, 1.807) is 19.1 Å². The monoisotopic (exact) mass is 384 g/mol. The Kier molecular flexibility index (Phi) is 4.21. The zero-order chi connectivity index (χ0) is 20.2. The van der Waals surface area contributed by atoms with E-state index in [-0.39, 0.29) is 23.2 Å². The van der Waals surface area contributed by atoms with E-state index in [4.69, 9.17) is 0 Å². The highest BCUT2D eigenvalue weighted by molar-refractivity contribution is 5.96. The highest BCUT2D eigenvalue weighted by Crippen LogP contribution is 2.33. The van der Waals surface area contributed by atoms with Gasteiger partial charge in [-0.05, 0) is 43.0 Å². The number of carbonyl (C=O) groups excluding carboxylic acids is 1. The van der Waals surface area contributed by atoms with Gasteiger partial charge in [-0.15, -0.1) is 10.2 Å². The van der Waals surface area contributed by atoms with Crippen LogP contribution in [0.5, 0.6) is 0 Å². The van der Waals surface area contributed by atoms with Crippen LogP contribution in [0.25, 0.3) is 16.8 Å². The number of hydrogen-bond acceptors (Lipinski definition) is 3. The Hall–Kier alpha value is -2.83. The highest BCUT2D eigenvalue weighted by Gasteiger charge is 2.27. The summed E-state index contributed by atoms with van der Waals surface area (Å²) in [4.78, 5) is 12.4. The largest absolute Gasteiger partial charge is 0.349 e. The van der Waals surface area contributed by atoms with Crippen molar-refractivity contribution in [3.63, 3.8) is 0 Å². The molecule has 7 heteroatoms. The maximum absolute atomic E-state index is 15.3. The van der Waals surface area contributed by atoms with Crippen LogP contribution in [0.3, 0.4) is 0 Å².